The summed E-state index contributed by atoms with van der Waals surface area (Å²) in [5.41, 5.74) is 2.19. The molecule has 3 rings (SSSR count). The van der Waals surface area contributed by atoms with Crippen molar-refractivity contribution in [3.05, 3.63) is 35.0 Å². The van der Waals surface area contributed by atoms with E-state index in [0.717, 1.165) is 30.8 Å². The molecule has 1 atom stereocenters. The number of carbonyl (C=O) groups excluding carboxylic acids is 2. The topological polar surface area (TPSA) is 93.3 Å². The smallest absolute Gasteiger partial charge is 0.273 e. The van der Waals surface area contributed by atoms with Crippen LogP contribution in [0.3, 0.4) is 0 Å². The minimum absolute atomic E-state index is 0.0688. The van der Waals surface area contributed by atoms with Gasteiger partial charge in [0.1, 0.15) is 12.3 Å². The number of likely N-dealkylation sites (tertiary alicyclic amines) is 1. The number of rotatable bonds is 5. The third-order valence-corrected chi connectivity index (χ3v) is 4.67. The molecule has 8 heteroatoms. The average molecular weight is 359 g/mol. The van der Waals surface area contributed by atoms with Crippen molar-refractivity contribution in [1.82, 2.24) is 25.2 Å². The Labute approximate surface area is 152 Å². The lowest BCUT2D eigenvalue weighted by Gasteiger charge is -2.33. The van der Waals surface area contributed by atoms with Crippen molar-refractivity contribution in [2.75, 3.05) is 19.6 Å². The molecule has 0 aliphatic carbocycles. The summed E-state index contributed by atoms with van der Waals surface area (Å²) in [5.74, 6) is 0.672. The maximum atomic E-state index is 12.6. The Kier molecular flexibility index (Phi) is 5.39. The zero-order valence-electron chi connectivity index (χ0n) is 15.5. The molecular formula is C18H25N5O3. The van der Waals surface area contributed by atoms with Gasteiger partial charge in [0.2, 0.25) is 5.91 Å². The first-order chi connectivity index (χ1) is 12.4. The first-order valence-corrected chi connectivity index (χ1v) is 8.92. The van der Waals surface area contributed by atoms with Gasteiger partial charge >= 0.3 is 0 Å². The molecule has 0 bridgehead atoms. The summed E-state index contributed by atoms with van der Waals surface area (Å²) in [7, 11) is 0. The highest BCUT2D eigenvalue weighted by molar-refractivity contribution is 5.92. The Morgan fingerprint density at radius 1 is 1.31 bits per heavy atom. The minimum Gasteiger partial charge on any atom is -0.361 e. The number of nitrogens with zero attached hydrogens (tertiary/aromatic N) is 4. The van der Waals surface area contributed by atoms with Crippen LogP contribution in [-0.4, -0.2) is 51.3 Å². The highest BCUT2D eigenvalue weighted by atomic mass is 16.5. The highest BCUT2D eigenvalue weighted by Gasteiger charge is 2.25. The fraction of sp³-hybridized carbons (Fsp3) is 0.556. The van der Waals surface area contributed by atoms with Gasteiger partial charge in [-0.3, -0.25) is 14.3 Å². The van der Waals surface area contributed by atoms with Crippen LogP contribution in [0.25, 0.3) is 0 Å². The van der Waals surface area contributed by atoms with Crippen molar-refractivity contribution in [2.45, 2.75) is 40.2 Å². The van der Waals surface area contributed by atoms with Gasteiger partial charge in [-0.2, -0.15) is 5.10 Å². The van der Waals surface area contributed by atoms with Gasteiger partial charge in [0, 0.05) is 31.4 Å². The molecule has 1 aliphatic rings. The monoisotopic (exact) mass is 359 g/mol. The van der Waals surface area contributed by atoms with Gasteiger partial charge in [-0.25, -0.2) is 0 Å². The fourth-order valence-corrected chi connectivity index (χ4v) is 3.32. The van der Waals surface area contributed by atoms with E-state index in [-0.39, 0.29) is 30.0 Å². The molecule has 1 N–H and O–H groups in total. The largest absolute Gasteiger partial charge is 0.361 e. The second-order valence-electron chi connectivity index (χ2n) is 6.97. The standard InChI is InChI=1S/C18H25N5O3/c1-12-7-13(2)23(20-12)11-17(24)22-6-4-5-15(10-22)9-19-18(25)16-8-14(3)26-21-16/h7-8,15H,4-6,9-11H2,1-3H3,(H,19,25)/t15-/m0/s1. The van der Waals surface area contributed by atoms with Gasteiger partial charge in [-0.15, -0.1) is 0 Å². The van der Waals surface area contributed by atoms with Crippen LogP contribution in [0, 0.1) is 26.7 Å². The zero-order chi connectivity index (χ0) is 18.7. The van der Waals surface area contributed by atoms with Crippen LogP contribution < -0.4 is 5.32 Å². The van der Waals surface area contributed by atoms with E-state index < -0.39 is 0 Å². The number of hydrogen-bond donors (Lipinski definition) is 1. The molecule has 2 aromatic heterocycles. The summed E-state index contributed by atoms with van der Waals surface area (Å²) in [5, 5.41) is 11.0. The molecule has 0 spiro atoms. The highest BCUT2D eigenvalue weighted by Crippen LogP contribution is 2.17. The maximum absolute atomic E-state index is 12.6. The molecule has 26 heavy (non-hydrogen) atoms. The van der Waals surface area contributed by atoms with Crippen LogP contribution in [0.4, 0.5) is 0 Å². The van der Waals surface area contributed by atoms with Crippen molar-refractivity contribution < 1.29 is 14.1 Å². The normalized spacial score (nSPS) is 17.3. The molecule has 2 aromatic rings. The Hall–Kier alpha value is -2.64. The summed E-state index contributed by atoms with van der Waals surface area (Å²) in [6.07, 6.45) is 1.92. The van der Waals surface area contributed by atoms with E-state index in [4.69, 9.17) is 4.52 Å². The predicted octanol–water partition coefficient (Wildman–Crippen LogP) is 1.46. The Morgan fingerprint density at radius 2 is 2.12 bits per heavy atom. The van der Waals surface area contributed by atoms with E-state index in [1.807, 2.05) is 24.8 Å². The van der Waals surface area contributed by atoms with Crippen LogP contribution in [0.1, 0.15) is 40.5 Å². The zero-order valence-corrected chi connectivity index (χ0v) is 15.5. The van der Waals surface area contributed by atoms with Crippen molar-refractivity contribution in [3.63, 3.8) is 0 Å². The minimum atomic E-state index is -0.243. The molecule has 0 radical (unpaired) electrons. The summed E-state index contributed by atoms with van der Waals surface area (Å²) in [6.45, 7) is 7.81. The van der Waals surface area contributed by atoms with Crippen LogP contribution in [0.15, 0.2) is 16.7 Å². The average Bonchev–Trinajstić information content (AvgIpc) is 3.18. The number of amides is 2. The molecule has 3 heterocycles. The number of hydrogen-bond acceptors (Lipinski definition) is 5. The summed E-state index contributed by atoms with van der Waals surface area (Å²) >= 11 is 0. The second-order valence-corrected chi connectivity index (χ2v) is 6.97. The number of carbonyl (C=O) groups is 2. The summed E-state index contributed by atoms with van der Waals surface area (Å²) < 4.78 is 6.67. The first-order valence-electron chi connectivity index (χ1n) is 8.92. The molecule has 1 fully saturated rings. The molecule has 1 saturated heterocycles. The molecular weight excluding hydrogens is 334 g/mol. The molecule has 2 amide bonds. The van der Waals surface area contributed by atoms with Crippen LogP contribution in [-0.2, 0) is 11.3 Å². The van der Waals surface area contributed by atoms with E-state index in [9.17, 15) is 9.59 Å². The van der Waals surface area contributed by atoms with E-state index in [1.165, 1.54) is 0 Å². The Bertz CT molecular complexity index is 795. The van der Waals surface area contributed by atoms with Crippen molar-refractivity contribution in [2.24, 2.45) is 5.92 Å². The van der Waals surface area contributed by atoms with Crippen molar-refractivity contribution in [3.8, 4) is 0 Å². The third-order valence-electron chi connectivity index (χ3n) is 4.67. The Balaban J connectivity index is 1.51. The van der Waals surface area contributed by atoms with Crippen molar-refractivity contribution >= 4 is 11.8 Å². The number of piperidine rings is 1. The SMILES string of the molecule is Cc1cc(C)n(CC(=O)N2CCC[C@@H](CNC(=O)c3cc(C)on3)C2)n1. The molecule has 0 unspecified atom stereocenters. The lowest BCUT2D eigenvalue weighted by atomic mass is 9.98. The number of nitrogens with one attached hydrogen (secondary N) is 1. The maximum Gasteiger partial charge on any atom is 0.273 e. The van der Waals surface area contributed by atoms with Crippen LogP contribution in [0.5, 0.6) is 0 Å². The van der Waals surface area contributed by atoms with Crippen LogP contribution in [0.2, 0.25) is 0 Å². The fourth-order valence-electron chi connectivity index (χ4n) is 3.32. The van der Waals surface area contributed by atoms with E-state index >= 15 is 0 Å². The third kappa shape index (κ3) is 4.30. The van der Waals surface area contributed by atoms with E-state index in [2.05, 4.69) is 15.6 Å². The lowest BCUT2D eigenvalue weighted by Crippen LogP contribution is -2.45. The molecule has 140 valence electrons. The van der Waals surface area contributed by atoms with Gasteiger partial charge in [-0.1, -0.05) is 5.16 Å². The number of aryl methyl sites for hydroxylation is 3. The van der Waals surface area contributed by atoms with E-state index in [1.54, 1.807) is 17.7 Å². The molecule has 1 aliphatic heterocycles. The summed E-state index contributed by atoms with van der Waals surface area (Å²) in [4.78, 5) is 26.5. The van der Waals surface area contributed by atoms with Gasteiger partial charge < -0.3 is 14.7 Å². The van der Waals surface area contributed by atoms with Gasteiger partial charge in [0.05, 0.1) is 5.69 Å². The van der Waals surface area contributed by atoms with E-state index in [0.29, 0.717) is 18.8 Å². The van der Waals surface area contributed by atoms with Gasteiger partial charge in [0.15, 0.2) is 5.69 Å². The first kappa shape index (κ1) is 18.2. The predicted molar refractivity (Wildman–Crippen MR) is 94.6 cm³/mol. The number of aromatic nitrogens is 3. The van der Waals surface area contributed by atoms with Crippen molar-refractivity contribution in [1.29, 1.82) is 0 Å². The molecule has 0 aromatic carbocycles. The second kappa shape index (κ2) is 7.72. The summed E-state index contributed by atoms with van der Waals surface area (Å²) in [6, 6.07) is 3.58. The lowest BCUT2D eigenvalue weighted by molar-refractivity contribution is -0.133. The van der Waals surface area contributed by atoms with Crippen LogP contribution >= 0.6 is 0 Å². The Morgan fingerprint density at radius 3 is 2.77 bits per heavy atom. The molecule has 0 saturated carbocycles. The van der Waals surface area contributed by atoms with Gasteiger partial charge in [-0.05, 0) is 45.6 Å². The quantitative estimate of drug-likeness (QED) is 0.872. The van der Waals surface area contributed by atoms with Gasteiger partial charge in [0.25, 0.3) is 5.91 Å². The molecule has 8 nitrogen and oxygen atoms in total.